The Morgan fingerprint density at radius 1 is 1.38 bits per heavy atom. The molecule has 1 N–H and O–H groups in total. The third-order valence-electron chi connectivity index (χ3n) is 3.32. The van der Waals surface area contributed by atoms with Gasteiger partial charge >= 0.3 is 0 Å². The molecule has 0 saturated heterocycles. The van der Waals surface area contributed by atoms with Gasteiger partial charge in [-0.05, 0) is 40.2 Å². The van der Waals surface area contributed by atoms with E-state index in [1.807, 2.05) is 0 Å². The molecule has 1 aromatic carbocycles. The Labute approximate surface area is 129 Å². The molecule has 1 aromatic heterocycles. The van der Waals surface area contributed by atoms with Gasteiger partial charge in [0.05, 0.1) is 23.8 Å². The maximum atomic E-state index is 14.0. The Kier molecular flexibility index (Phi) is 3.88. The zero-order valence-corrected chi connectivity index (χ0v) is 12.6. The fraction of sp³-hybridized carbons (Fsp3) is 0.200. The first-order valence-corrected chi connectivity index (χ1v) is 7.28. The molecular weight excluding hydrogens is 339 g/mol. The van der Waals surface area contributed by atoms with Crippen molar-refractivity contribution in [3.63, 3.8) is 0 Å². The molecule has 0 bridgehead atoms. The number of aromatic nitrogens is 1. The SMILES string of the molecule is O=C(N[C@H]1CCOc2cccc(F)c21)c1ccc(Br)nc1. The van der Waals surface area contributed by atoms with Gasteiger partial charge in [-0.2, -0.15) is 0 Å². The van der Waals surface area contributed by atoms with E-state index < -0.39 is 6.04 Å². The molecule has 108 valence electrons. The van der Waals surface area contributed by atoms with E-state index in [0.29, 0.717) is 34.5 Å². The van der Waals surface area contributed by atoms with Crippen LogP contribution in [0.4, 0.5) is 4.39 Å². The summed E-state index contributed by atoms with van der Waals surface area (Å²) < 4.78 is 20.1. The van der Waals surface area contributed by atoms with Gasteiger partial charge in [-0.25, -0.2) is 9.37 Å². The highest BCUT2D eigenvalue weighted by molar-refractivity contribution is 9.10. The average molecular weight is 351 g/mol. The van der Waals surface area contributed by atoms with Gasteiger partial charge in [0, 0.05) is 12.6 Å². The van der Waals surface area contributed by atoms with Crippen molar-refractivity contribution in [1.29, 1.82) is 0 Å². The number of benzene rings is 1. The summed E-state index contributed by atoms with van der Waals surface area (Å²) in [7, 11) is 0. The summed E-state index contributed by atoms with van der Waals surface area (Å²) in [5.74, 6) is -0.164. The molecule has 0 fully saturated rings. The van der Waals surface area contributed by atoms with Crippen molar-refractivity contribution in [2.75, 3.05) is 6.61 Å². The van der Waals surface area contributed by atoms with Gasteiger partial charge in [0.15, 0.2) is 0 Å². The summed E-state index contributed by atoms with van der Waals surface area (Å²) in [6, 6.07) is 7.62. The standard InChI is InChI=1S/C15H12BrFN2O2/c16-13-5-4-9(8-18-13)15(20)19-11-6-7-21-12-3-1-2-10(17)14(11)12/h1-5,8,11H,6-7H2,(H,19,20)/t11-/m0/s1. The number of rotatable bonds is 2. The largest absolute Gasteiger partial charge is 0.493 e. The van der Waals surface area contributed by atoms with Crippen LogP contribution in [0.2, 0.25) is 0 Å². The van der Waals surface area contributed by atoms with E-state index in [1.165, 1.54) is 12.3 Å². The molecule has 0 spiro atoms. The van der Waals surface area contributed by atoms with Crippen molar-refractivity contribution in [2.24, 2.45) is 0 Å². The molecule has 1 aliphatic rings. The van der Waals surface area contributed by atoms with Crippen LogP contribution in [0.15, 0.2) is 41.1 Å². The molecule has 4 nitrogen and oxygen atoms in total. The predicted molar refractivity (Wildman–Crippen MR) is 78.7 cm³/mol. The monoisotopic (exact) mass is 350 g/mol. The summed E-state index contributed by atoms with van der Waals surface area (Å²) in [6.45, 7) is 0.444. The Morgan fingerprint density at radius 3 is 3.00 bits per heavy atom. The Morgan fingerprint density at radius 2 is 2.24 bits per heavy atom. The summed E-state index contributed by atoms with van der Waals surface area (Å²) in [6.07, 6.45) is 2.00. The van der Waals surface area contributed by atoms with Crippen molar-refractivity contribution in [3.05, 3.63) is 58.1 Å². The second kappa shape index (κ2) is 5.81. The first-order valence-electron chi connectivity index (χ1n) is 6.49. The molecule has 2 aromatic rings. The zero-order chi connectivity index (χ0) is 14.8. The van der Waals surface area contributed by atoms with E-state index in [1.54, 1.807) is 24.3 Å². The third-order valence-corrected chi connectivity index (χ3v) is 3.79. The van der Waals surface area contributed by atoms with Crippen LogP contribution in [-0.4, -0.2) is 17.5 Å². The highest BCUT2D eigenvalue weighted by atomic mass is 79.9. The second-order valence-corrected chi connectivity index (χ2v) is 5.50. The van der Waals surface area contributed by atoms with Crippen molar-refractivity contribution in [2.45, 2.75) is 12.5 Å². The number of halogens is 2. The van der Waals surface area contributed by atoms with Gasteiger partial charge in [-0.1, -0.05) is 6.07 Å². The summed E-state index contributed by atoms with van der Waals surface area (Å²) in [5.41, 5.74) is 0.838. The van der Waals surface area contributed by atoms with E-state index in [0.717, 1.165) is 0 Å². The molecular formula is C15H12BrFN2O2. The number of hydrogen-bond donors (Lipinski definition) is 1. The van der Waals surface area contributed by atoms with E-state index in [-0.39, 0.29) is 11.7 Å². The highest BCUT2D eigenvalue weighted by Gasteiger charge is 2.26. The maximum Gasteiger partial charge on any atom is 0.253 e. The molecule has 0 unspecified atom stereocenters. The molecule has 2 heterocycles. The van der Waals surface area contributed by atoms with Crippen LogP contribution in [0.5, 0.6) is 5.75 Å². The van der Waals surface area contributed by atoms with E-state index >= 15 is 0 Å². The molecule has 6 heteroatoms. The number of nitrogens with one attached hydrogen (secondary N) is 1. The lowest BCUT2D eigenvalue weighted by atomic mass is 9.99. The quantitative estimate of drug-likeness (QED) is 0.846. The van der Waals surface area contributed by atoms with Crippen molar-refractivity contribution in [3.8, 4) is 5.75 Å². The van der Waals surface area contributed by atoms with Crippen LogP contribution in [0, 0.1) is 5.82 Å². The van der Waals surface area contributed by atoms with E-state index in [9.17, 15) is 9.18 Å². The molecule has 1 amide bonds. The Hall–Kier alpha value is -1.95. The minimum absolute atomic E-state index is 0.281. The number of carbonyl (C=O) groups excluding carboxylic acids is 1. The van der Waals surface area contributed by atoms with Gasteiger partial charge in [-0.3, -0.25) is 4.79 Å². The lowest BCUT2D eigenvalue weighted by molar-refractivity contribution is 0.0923. The molecule has 0 aliphatic carbocycles. The number of carbonyl (C=O) groups is 1. The number of nitrogens with zero attached hydrogens (tertiary/aromatic N) is 1. The minimum atomic E-state index is -0.397. The first-order chi connectivity index (χ1) is 10.1. The van der Waals surface area contributed by atoms with Gasteiger partial charge in [0.1, 0.15) is 16.2 Å². The number of pyridine rings is 1. The van der Waals surface area contributed by atoms with Crippen LogP contribution in [-0.2, 0) is 0 Å². The van der Waals surface area contributed by atoms with Gasteiger partial charge in [-0.15, -0.1) is 0 Å². The lowest BCUT2D eigenvalue weighted by Gasteiger charge is -2.27. The van der Waals surface area contributed by atoms with E-state index in [2.05, 4.69) is 26.2 Å². The third kappa shape index (κ3) is 2.90. The molecule has 0 saturated carbocycles. The lowest BCUT2D eigenvalue weighted by Crippen LogP contribution is -2.32. The normalized spacial score (nSPS) is 16.8. The van der Waals surface area contributed by atoms with Crippen LogP contribution >= 0.6 is 15.9 Å². The van der Waals surface area contributed by atoms with Gasteiger partial charge < -0.3 is 10.1 Å². The van der Waals surface area contributed by atoms with Crippen LogP contribution in [0.1, 0.15) is 28.4 Å². The van der Waals surface area contributed by atoms with Gasteiger partial charge in [0.2, 0.25) is 0 Å². The van der Waals surface area contributed by atoms with Crippen LogP contribution in [0.25, 0.3) is 0 Å². The first kappa shape index (κ1) is 14.0. The summed E-state index contributed by atoms with van der Waals surface area (Å²) in [4.78, 5) is 16.2. The Bertz CT molecular complexity index is 676. The number of amides is 1. The van der Waals surface area contributed by atoms with Crippen molar-refractivity contribution >= 4 is 21.8 Å². The Balaban J connectivity index is 1.83. The maximum absolute atomic E-state index is 14.0. The van der Waals surface area contributed by atoms with Crippen LogP contribution < -0.4 is 10.1 Å². The molecule has 3 rings (SSSR count). The highest BCUT2D eigenvalue weighted by Crippen LogP contribution is 2.34. The molecule has 1 atom stereocenters. The predicted octanol–water partition coefficient (Wildman–Crippen LogP) is 3.24. The smallest absolute Gasteiger partial charge is 0.253 e. The minimum Gasteiger partial charge on any atom is -0.493 e. The van der Waals surface area contributed by atoms with Gasteiger partial charge in [0.25, 0.3) is 5.91 Å². The summed E-state index contributed by atoms with van der Waals surface area (Å²) >= 11 is 3.22. The van der Waals surface area contributed by atoms with Crippen LogP contribution in [0.3, 0.4) is 0 Å². The number of fused-ring (bicyclic) bond motifs is 1. The number of ether oxygens (including phenoxy) is 1. The molecule has 21 heavy (non-hydrogen) atoms. The van der Waals surface area contributed by atoms with Crippen molar-refractivity contribution in [1.82, 2.24) is 10.3 Å². The zero-order valence-electron chi connectivity index (χ0n) is 11.0. The summed E-state index contributed by atoms with van der Waals surface area (Å²) in [5, 5.41) is 2.84. The molecule has 0 radical (unpaired) electrons. The fourth-order valence-electron chi connectivity index (χ4n) is 2.31. The van der Waals surface area contributed by atoms with E-state index in [4.69, 9.17) is 4.74 Å². The van der Waals surface area contributed by atoms with Crippen molar-refractivity contribution < 1.29 is 13.9 Å². The molecule has 1 aliphatic heterocycles. The fourth-order valence-corrected chi connectivity index (χ4v) is 2.54. The second-order valence-electron chi connectivity index (χ2n) is 4.68. The topological polar surface area (TPSA) is 51.2 Å². The number of hydrogen-bond acceptors (Lipinski definition) is 3. The average Bonchev–Trinajstić information content (AvgIpc) is 2.48.